The molecule has 1 aromatic rings. The zero-order valence-electron chi connectivity index (χ0n) is 7.59. The number of halogens is 2. The molecule has 5 nitrogen and oxygen atoms in total. The van der Waals surface area contributed by atoms with Crippen LogP contribution in [-0.2, 0) is 0 Å². The first-order valence-corrected chi connectivity index (χ1v) is 4.08. The first-order valence-electron chi connectivity index (χ1n) is 4.08. The molecule has 1 N–H and O–H groups in total. The van der Waals surface area contributed by atoms with Crippen molar-refractivity contribution in [1.29, 1.82) is 0 Å². The van der Waals surface area contributed by atoms with E-state index in [2.05, 4.69) is 15.0 Å². The number of hydrogen-bond acceptors (Lipinski definition) is 3. The van der Waals surface area contributed by atoms with Gasteiger partial charge in [0.2, 0.25) is 0 Å². The van der Waals surface area contributed by atoms with Crippen molar-refractivity contribution < 1.29 is 13.9 Å². The molecule has 1 atom stereocenters. The van der Waals surface area contributed by atoms with Gasteiger partial charge in [-0.2, -0.15) is 0 Å². The molecule has 80 valence electrons. The second-order valence-electron chi connectivity index (χ2n) is 2.72. The van der Waals surface area contributed by atoms with Crippen LogP contribution in [0.4, 0.5) is 8.78 Å². The van der Waals surface area contributed by atoms with Crippen molar-refractivity contribution in [3.05, 3.63) is 40.0 Å². The van der Waals surface area contributed by atoms with Crippen LogP contribution in [0.15, 0.2) is 23.4 Å². The van der Waals surface area contributed by atoms with E-state index < -0.39 is 12.5 Å². The molecule has 0 bridgehead atoms. The van der Waals surface area contributed by atoms with E-state index in [4.69, 9.17) is 10.6 Å². The second kappa shape index (κ2) is 5.23. The van der Waals surface area contributed by atoms with Gasteiger partial charge in [0.05, 0.1) is 12.6 Å². The van der Waals surface area contributed by atoms with E-state index in [-0.39, 0.29) is 12.3 Å². The smallest absolute Gasteiger partial charge is 0.280 e. The van der Waals surface area contributed by atoms with Crippen LogP contribution in [0.2, 0.25) is 0 Å². The highest BCUT2D eigenvalue weighted by molar-refractivity contribution is 5.18. The zero-order valence-corrected chi connectivity index (χ0v) is 7.59. The maximum absolute atomic E-state index is 12.1. The molecule has 1 unspecified atom stereocenters. The molecular weight excluding hydrogens is 206 g/mol. The van der Waals surface area contributed by atoms with Crippen molar-refractivity contribution in [2.75, 3.05) is 6.61 Å². The molecular formula is C8H8F2N4O. The Morgan fingerprint density at radius 3 is 2.67 bits per heavy atom. The van der Waals surface area contributed by atoms with Gasteiger partial charge in [0, 0.05) is 11.1 Å². The average Bonchev–Trinajstić information content (AvgIpc) is 2.26. The Labute approximate surface area is 84.0 Å². The summed E-state index contributed by atoms with van der Waals surface area (Å²) in [6.07, 6.45) is -1.47. The lowest BCUT2D eigenvalue weighted by Crippen LogP contribution is -2.01. The molecule has 1 rings (SSSR count). The summed E-state index contributed by atoms with van der Waals surface area (Å²) < 4.78 is 24.3. The minimum Gasteiger partial charge on any atom is -0.396 e. The third kappa shape index (κ3) is 2.87. The molecule has 0 aromatic carbocycles. The SMILES string of the molecule is [N-]=[N+]=NC(CO)c1ccc(C(F)F)nc1. The number of azide groups is 1. The minimum atomic E-state index is -2.63. The molecule has 0 radical (unpaired) electrons. The standard InChI is InChI=1S/C8H8F2N4O/c9-8(10)6-2-1-5(3-12-6)7(4-15)13-14-11/h1-3,7-8,15H,4H2. The highest BCUT2D eigenvalue weighted by atomic mass is 19.3. The summed E-state index contributed by atoms with van der Waals surface area (Å²) in [6, 6.07) is 1.70. The maximum atomic E-state index is 12.1. The molecule has 0 aliphatic rings. The van der Waals surface area contributed by atoms with E-state index in [9.17, 15) is 8.78 Å². The highest BCUT2D eigenvalue weighted by Crippen LogP contribution is 2.20. The summed E-state index contributed by atoms with van der Waals surface area (Å²) in [5, 5.41) is 12.1. The van der Waals surface area contributed by atoms with E-state index in [0.717, 1.165) is 12.3 Å². The molecule has 0 aliphatic heterocycles. The van der Waals surface area contributed by atoms with Gasteiger partial charge in [0.1, 0.15) is 5.69 Å². The molecule has 15 heavy (non-hydrogen) atoms. The van der Waals surface area contributed by atoms with Crippen LogP contribution >= 0.6 is 0 Å². The third-order valence-electron chi connectivity index (χ3n) is 1.78. The maximum Gasteiger partial charge on any atom is 0.280 e. The Bertz CT molecular complexity index is 361. The summed E-state index contributed by atoms with van der Waals surface area (Å²) in [7, 11) is 0. The lowest BCUT2D eigenvalue weighted by molar-refractivity contribution is 0.146. The van der Waals surface area contributed by atoms with Crippen molar-refractivity contribution in [3.63, 3.8) is 0 Å². The number of pyridine rings is 1. The first kappa shape index (κ1) is 11.4. The fourth-order valence-corrected chi connectivity index (χ4v) is 1.01. The Balaban J connectivity index is 2.91. The van der Waals surface area contributed by atoms with Crippen molar-refractivity contribution in [1.82, 2.24) is 4.98 Å². The van der Waals surface area contributed by atoms with Gasteiger partial charge in [0.25, 0.3) is 6.43 Å². The largest absolute Gasteiger partial charge is 0.396 e. The Hall–Kier alpha value is -1.72. The van der Waals surface area contributed by atoms with Crippen LogP contribution < -0.4 is 0 Å². The van der Waals surface area contributed by atoms with Crippen molar-refractivity contribution >= 4 is 0 Å². The van der Waals surface area contributed by atoms with Crippen molar-refractivity contribution in [3.8, 4) is 0 Å². The predicted octanol–water partition coefficient (Wildman–Crippen LogP) is 2.36. The van der Waals surface area contributed by atoms with Crippen molar-refractivity contribution in [2.45, 2.75) is 12.5 Å². The normalized spacial score (nSPS) is 12.3. The van der Waals surface area contributed by atoms with Crippen LogP contribution in [0.5, 0.6) is 0 Å². The zero-order chi connectivity index (χ0) is 11.3. The van der Waals surface area contributed by atoms with E-state index in [1.165, 1.54) is 6.07 Å². The Kier molecular flexibility index (Phi) is 3.96. The number of rotatable bonds is 4. The second-order valence-corrected chi connectivity index (χ2v) is 2.72. The first-order chi connectivity index (χ1) is 7.19. The fraction of sp³-hybridized carbons (Fsp3) is 0.375. The van der Waals surface area contributed by atoms with Gasteiger partial charge in [-0.3, -0.25) is 4.98 Å². The highest BCUT2D eigenvalue weighted by Gasteiger charge is 2.11. The van der Waals surface area contributed by atoms with Crippen LogP contribution in [0.1, 0.15) is 23.7 Å². The number of hydrogen-bond donors (Lipinski definition) is 1. The lowest BCUT2D eigenvalue weighted by Gasteiger charge is -2.07. The van der Waals surface area contributed by atoms with Gasteiger partial charge >= 0.3 is 0 Å². The fourth-order valence-electron chi connectivity index (χ4n) is 1.01. The van der Waals surface area contributed by atoms with Gasteiger partial charge in [-0.25, -0.2) is 8.78 Å². The summed E-state index contributed by atoms with van der Waals surface area (Å²) in [6.45, 7) is -0.389. The molecule has 0 fully saturated rings. The Morgan fingerprint density at radius 2 is 2.27 bits per heavy atom. The van der Waals surface area contributed by atoms with Gasteiger partial charge in [0.15, 0.2) is 0 Å². The molecule has 1 aromatic heterocycles. The summed E-state index contributed by atoms with van der Waals surface area (Å²) in [5.41, 5.74) is 8.23. The predicted molar refractivity (Wildman–Crippen MR) is 48.2 cm³/mol. The van der Waals surface area contributed by atoms with E-state index >= 15 is 0 Å². The van der Waals surface area contributed by atoms with Gasteiger partial charge < -0.3 is 5.11 Å². The van der Waals surface area contributed by atoms with Crippen LogP contribution in [0.25, 0.3) is 10.4 Å². The van der Waals surface area contributed by atoms with Gasteiger partial charge in [-0.15, -0.1) is 0 Å². The average molecular weight is 214 g/mol. The number of aromatic nitrogens is 1. The number of aliphatic hydroxyl groups is 1. The number of nitrogens with zero attached hydrogens (tertiary/aromatic N) is 4. The van der Waals surface area contributed by atoms with Gasteiger partial charge in [-0.05, 0) is 17.2 Å². The van der Waals surface area contributed by atoms with E-state index in [1.54, 1.807) is 0 Å². The quantitative estimate of drug-likeness (QED) is 0.474. The molecule has 0 spiro atoms. The van der Waals surface area contributed by atoms with Crippen LogP contribution in [0.3, 0.4) is 0 Å². The molecule has 7 heteroatoms. The minimum absolute atomic E-state index is 0.351. The van der Waals surface area contributed by atoms with Gasteiger partial charge in [-0.1, -0.05) is 11.2 Å². The summed E-state index contributed by atoms with van der Waals surface area (Å²) in [5.74, 6) is 0. The third-order valence-corrected chi connectivity index (χ3v) is 1.78. The molecule has 1 heterocycles. The number of aliphatic hydroxyl groups excluding tert-OH is 1. The topological polar surface area (TPSA) is 81.9 Å². The van der Waals surface area contributed by atoms with E-state index in [1.807, 2.05) is 0 Å². The molecule has 0 saturated heterocycles. The summed E-state index contributed by atoms with van der Waals surface area (Å²) >= 11 is 0. The monoisotopic (exact) mass is 214 g/mol. The Morgan fingerprint density at radius 1 is 1.53 bits per heavy atom. The summed E-state index contributed by atoms with van der Waals surface area (Å²) in [4.78, 5) is 6.01. The van der Waals surface area contributed by atoms with Crippen LogP contribution in [-0.4, -0.2) is 16.7 Å². The van der Waals surface area contributed by atoms with E-state index in [0.29, 0.717) is 5.56 Å². The lowest BCUT2D eigenvalue weighted by atomic mass is 10.1. The molecule has 0 amide bonds. The number of alkyl halides is 2. The van der Waals surface area contributed by atoms with Crippen molar-refractivity contribution in [2.24, 2.45) is 5.11 Å². The van der Waals surface area contributed by atoms with Crippen LogP contribution in [0, 0.1) is 0 Å². The molecule has 0 aliphatic carbocycles. The molecule has 0 saturated carbocycles.